The molecule has 1 rings (SSSR count). The first-order chi connectivity index (χ1) is 5.16. The highest BCUT2D eigenvalue weighted by Crippen LogP contribution is 1.95. The first-order valence-corrected chi connectivity index (χ1v) is 3.34. The Morgan fingerprint density at radius 1 is 1.73 bits per heavy atom. The number of anilines is 1. The first kappa shape index (κ1) is 8.09. The largest absolute Gasteiger partial charge is 0.509 e. The molecule has 0 radical (unpaired) electrons. The van der Waals surface area contributed by atoms with E-state index in [9.17, 15) is 0 Å². The van der Waals surface area contributed by atoms with Crippen molar-refractivity contribution >= 4 is 18.4 Å². The molecular weight excluding hydrogens is 145 g/mol. The number of aryl methyl sites for hydroxylation is 1. The smallest absolute Gasteiger partial charge is 0.422 e. The average molecular weight is 155 g/mol. The summed E-state index contributed by atoms with van der Waals surface area (Å²) in [6, 6.07) is 0. The van der Waals surface area contributed by atoms with Crippen LogP contribution in [0.4, 0.5) is 5.69 Å². The molecule has 0 amide bonds. The molecule has 1 heterocycles. The zero-order chi connectivity index (χ0) is 8.43. The molecule has 0 atom stereocenters. The van der Waals surface area contributed by atoms with Gasteiger partial charge in [0.15, 0.2) is 0 Å². The summed E-state index contributed by atoms with van der Waals surface area (Å²) in [7, 11) is -1.54. The van der Waals surface area contributed by atoms with E-state index in [1.807, 2.05) is 6.92 Å². The lowest BCUT2D eigenvalue weighted by Crippen LogP contribution is -2.38. The number of nitrogen functional groups attached to an aromatic ring is 1. The van der Waals surface area contributed by atoms with Crippen LogP contribution in [-0.2, 0) is 6.54 Å². The molecule has 11 heavy (non-hydrogen) atoms. The van der Waals surface area contributed by atoms with E-state index in [1.54, 1.807) is 0 Å². The molecule has 5 nitrogen and oxygen atoms in total. The van der Waals surface area contributed by atoms with Crippen molar-refractivity contribution in [3.05, 3.63) is 6.20 Å². The monoisotopic (exact) mass is 155 g/mol. The van der Waals surface area contributed by atoms with Crippen molar-refractivity contribution < 1.29 is 10.0 Å². The Bertz CT molecular complexity index is 248. The fourth-order valence-corrected chi connectivity index (χ4v) is 0.944. The van der Waals surface area contributed by atoms with Gasteiger partial charge in [-0.25, -0.2) is 0 Å². The maximum Gasteiger partial charge on any atom is 0.509 e. The van der Waals surface area contributed by atoms with E-state index in [0.29, 0.717) is 12.2 Å². The van der Waals surface area contributed by atoms with Crippen molar-refractivity contribution in [1.82, 2.24) is 9.78 Å². The Kier molecular flexibility index (Phi) is 2.16. The molecule has 0 aromatic carbocycles. The number of nitrogens with zero attached hydrogens (tertiary/aromatic N) is 2. The third kappa shape index (κ3) is 1.36. The van der Waals surface area contributed by atoms with Gasteiger partial charge >= 0.3 is 7.12 Å². The number of nitrogens with two attached hydrogens (primary N) is 1. The molecule has 0 unspecified atom stereocenters. The molecule has 1 aromatic rings. The summed E-state index contributed by atoms with van der Waals surface area (Å²) in [5.41, 5.74) is 5.98. The third-order valence-corrected chi connectivity index (χ3v) is 1.45. The normalized spacial score (nSPS) is 10.1. The Labute approximate surface area is 64.6 Å². The van der Waals surface area contributed by atoms with Crippen LogP contribution in [0.15, 0.2) is 6.20 Å². The first-order valence-electron chi connectivity index (χ1n) is 3.34. The fraction of sp³-hybridized carbons (Fsp3) is 0.400. The fourth-order valence-electron chi connectivity index (χ4n) is 0.944. The van der Waals surface area contributed by atoms with Gasteiger partial charge in [0.1, 0.15) is 0 Å². The summed E-state index contributed by atoms with van der Waals surface area (Å²) < 4.78 is 1.44. The van der Waals surface area contributed by atoms with Gasteiger partial charge in [0, 0.05) is 6.54 Å². The molecule has 0 aliphatic carbocycles. The van der Waals surface area contributed by atoms with E-state index in [-0.39, 0.29) is 5.59 Å². The Morgan fingerprint density at radius 3 is 2.73 bits per heavy atom. The van der Waals surface area contributed by atoms with Crippen molar-refractivity contribution in [2.75, 3.05) is 5.73 Å². The summed E-state index contributed by atoms with van der Waals surface area (Å²) in [5, 5.41) is 21.5. The van der Waals surface area contributed by atoms with Gasteiger partial charge < -0.3 is 15.8 Å². The van der Waals surface area contributed by atoms with Crippen molar-refractivity contribution in [2.45, 2.75) is 13.5 Å². The SMILES string of the molecule is CCn1ncc(N)c1B(O)O. The van der Waals surface area contributed by atoms with Gasteiger partial charge in [-0.2, -0.15) is 5.10 Å². The molecule has 0 saturated carbocycles. The molecule has 4 N–H and O–H groups in total. The van der Waals surface area contributed by atoms with Crippen LogP contribution in [0.1, 0.15) is 6.92 Å². The van der Waals surface area contributed by atoms with Crippen LogP contribution in [0.2, 0.25) is 0 Å². The van der Waals surface area contributed by atoms with E-state index < -0.39 is 7.12 Å². The summed E-state index contributed by atoms with van der Waals surface area (Å²) in [6.07, 6.45) is 1.40. The lowest BCUT2D eigenvalue weighted by atomic mass is 9.85. The van der Waals surface area contributed by atoms with Crippen molar-refractivity contribution in [1.29, 1.82) is 0 Å². The van der Waals surface area contributed by atoms with Crippen LogP contribution in [-0.4, -0.2) is 26.9 Å². The summed E-state index contributed by atoms with van der Waals surface area (Å²) in [5.74, 6) is 0. The van der Waals surface area contributed by atoms with E-state index in [1.165, 1.54) is 10.9 Å². The lowest BCUT2D eigenvalue weighted by molar-refractivity contribution is 0.420. The molecule has 1 aromatic heterocycles. The van der Waals surface area contributed by atoms with Gasteiger partial charge in [-0.05, 0) is 6.92 Å². The van der Waals surface area contributed by atoms with Crippen molar-refractivity contribution in [2.24, 2.45) is 0 Å². The molecular formula is C5H10BN3O2. The molecule has 0 aliphatic rings. The highest BCUT2D eigenvalue weighted by Gasteiger charge is 2.19. The summed E-state index contributed by atoms with van der Waals surface area (Å²) in [6.45, 7) is 2.42. The van der Waals surface area contributed by atoms with E-state index in [2.05, 4.69) is 5.10 Å². The molecule has 0 spiro atoms. The second-order valence-corrected chi connectivity index (χ2v) is 2.17. The standard InChI is InChI=1S/C5H10BN3O2/c1-2-9-5(6(10)11)4(7)3-8-9/h3,10-11H,2,7H2,1H3. The summed E-state index contributed by atoms with van der Waals surface area (Å²) >= 11 is 0. The van der Waals surface area contributed by atoms with Gasteiger partial charge in [-0.3, -0.25) is 4.68 Å². The van der Waals surface area contributed by atoms with Crippen LogP contribution < -0.4 is 11.3 Å². The second-order valence-electron chi connectivity index (χ2n) is 2.17. The average Bonchev–Trinajstić information content (AvgIpc) is 2.30. The molecule has 0 saturated heterocycles. The minimum atomic E-state index is -1.54. The van der Waals surface area contributed by atoms with Gasteiger partial charge in [0.2, 0.25) is 0 Å². The molecule has 0 fully saturated rings. The predicted octanol–water partition coefficient (Wildman–Crippen LogP) is -1.83. The van der Waals surface area contributed by atoms with E-state index >= 15 is 0 Å². The highest BCUT2D eigenvalue weighted by atomic mass is 16.4. The molecule has 0 aliphatic heterocycles. The van der Waals surface area contributed by atoms with Gasteiger partial charge in [0.05, 0.1) is 17.5 Å². The maximum atomic E-state index is 8.82. The number of hydrogen-bond acceptors (Lipinski definition) is 4. The van der Waals surface area contributed by atoms with Gasteiger partial charge in [0.25, 0.3) is 0 Å². The molecule has 60 valence electrons. The van der Waals surface area contributed by atoms with Crippen LogP contribution in [0, 0.1) is 0 Å². The van der Waals surface area contributed by atoms with Gasteiger partial charge in [-0.15, -0.1) is 0 Å². The number of rotatable bonds is 2. The zero-order valence-corrected chi connectivity index (χ0v) is 6.23. The second kappa shape index (κ2) is 2.94. The number of aromatic nitrogens is 2. The Morgan fingerprint density at radius 2 is 2.36 bits per heavy atom. The minimum absolute atomic E-state index is 0.257. The van der Waals surface area contributed by atoms with E-state index in [4.69, 9.17) is 15.8 Å². The van der Waals surface area contributed by atoms with Crippen molar-refractivity contribution in [3.8, 4) is 0 Å². The van der Waals surface area contributed by atoms with Crippen LogP contribution in [0.3, 0.4) is 0 Å². The predicted molar refractivity (Wildman–Crippen MR) is 42.1 cm³/mol. The number of hydrogen-bond donors (Lipinski definition) is 3. The minimum Gasteiger partial charge on any atom is -0.422 e. The van der Waals surface area contributed by atoms with E-state index in [0.717, 1.165) is 0 Å². The van der Waals surface area contributed by atoms with Crippen molar-refractivity contribution in [3.63, 3.8) is 0 Å². The zero-order valence-electron chi connectivity index (χ0n) is 6.23. The third-order valence-electron chi connectivity index (χ3n) is 1.45. The van der Waals surface area contributed by atoms with Crippen LogP contribution >= 0.6 is 0 Å². The van der Waals surface area contributed by atoms with Gasteiger partial charge in [-0.1, -0.05) is 0 Å². The molecule has 6 heteroatoms. The Balaban J connectivity index is 3.07. The van der Waals surface area contributed by atoms with Crippen LogP contribution in [0.5, 0.6) is 0 Å². The van der Waals surface area contributed by atoms with Crippen LogP contribution in [0.25, 0.3) is 0 Å². The Hall–Kier alpha value is -1.01. The molecule has 0 bridgehead atoms. The summed E-state index contributed by atoms with van der Waals surface area (Å²) in [4.78, 5) is 0. The quantitative estimate of drug-likeness (QED) is 0.438. The maximum absolute atomic E-state index is 8.82. The topological polar surface area (TPSA) is 84.3 Å². The lowest BCUT2D eigenvalue weighted by Gasteiger charge is -2.02. The highest BCUT2D eigenvalue weighted by molar-refractivity contribution is 6.59.